The van der Waals surface area contributed by atoms with Crippen LogP contribution in [0, 0.1) is 0 Å². The quantitative estimate of drug-likeness (QED) is 0.671. The molecule has 1 saturated heterocycles. The third kappa shape index (κ3) is 2.88. The van der Waals surface area contributed by atoms with Crippen molar-refractivity contribution in [3.05, 3.63) is 23.8 Å². The Bertz CT molecular complexity index is 480. The third-order valence-electron chi connectivity index (χ3n) is 3.98. The molecule has 0 saturated carbocycles. The van der Waals surface area contributed by atoms with Crippen LogP contribution in [0.2, 0.25) is 0 Å². The van der Waals surface area contributed by atoms with E-state index in [2.05, 4.69) is 23.9 Å². The standard InChI is InChI=1S/C15H23N3O2/c1-17(2)11-7-9-18(10-8-11)14-12(15(19)20-3)5-4-6-13(14)16/h4-6,11H,7-10,16H2,1-3H3. The number of methoxy groups -OCH3 is 1. The molecule has 5 nitrogen and oxygen atoms in total. The fourth-order valence-electron chi connectivity index (χ4n) is 2.79. The first-order chi connectivity index (χ1) is 9.54. The first kappa shape index (κ1) is 14.7. The van der Waals surface area contributed by atoms with Gasteiger partial charge in [0.25, 0.3) is 0 Å². The summed E-state index contributed by atoms with van der Waals surface area (Å²) in [4.78, 5) is 16.3. The number of piperidine rings is 1. The lowest BCUT2D eigenvalue weighted by Crippen LogP contribution is -2.42. The molecule has 20 heavy (non-hydrogen) atoms. The van der Waals surface area contributed by atoms with E-state index in [1.54, 1.807) is 12.1 Å². The van der Waals surface area contributed by atoms with Gasteiger partial charge in [0, 0.05) is 19.1 Å². The van der Waals surface area contributed by atoms with Crippen molar-refractivity contribution >= 4 is 17.3 Å². The van der Waals surface area contributed by atoms with E-state index in [9.17, 15) is 4.79 Å². The second-order valence-electron chi connectivity index (χ2n) is 5.42. The molecule has 1 fully saturated rings. The molecule has 2 N–H and O–H groups in total. The maximum Gasteiger partial charge on any atom is 0.340 e. The van der Waals surface area contributed by atoms with Gasteiger partial charge >= 0.3 is 5.97 Å². The fraction of sp³-hybridized carbons (Fsp3) is 0.533. The van der Waals surface area contributed by atoms with Crippen molar-refractivity contribution in [3.63, 3.8) is 0 Å². The molecule has 1 aromatic rings. The number of anilines is 2. The van der Waals surface area contributed by atoms with Gasteiger partial charge < -0.3 is 20.3 Å². The highest BCUT2D eigenvalue weighted by Gasteiger charge is 2.25. The molecular formula is C15H23N3O2. The number of nitrogen functional groups attached to an aromatic ring is 1. The molecule has 1 heterocycles. The Kier molecular flexibility index (Phi) is 4.49. The van der Waals surface area contributed by atoms with Crippen LogP contribution >= 0.6 is 0 Å². The summed E-state index contributed by atoms with van der Waals surface area (Å²) < 4.78 is 4.85. The van der Waals surface area contributed by atoms with E-state index in [0.717, 1.165) is 31.6 Å². The van der Waals surface area contributed by atoms with Gasteiger partial charge in [-0.2, -0.15) is 0 Å². The van der Waals surface area contributed by atoms with E-state index >= 15 is 0 Å². The molecule has 1 aromatic carbocycles. The SMILES string of the molecule is COC(=O)c1cccc(N)c1N1CCC(N(C)C)CC1. The third-order valence-corrected chi connectivity index (χ3v) is 3.98. The van der Waals surface area contributed by atoms with Gasteiger partial charge in [-0.25, -0.2) is 4.79 Å². The molecule has 5 heteroatoms. The van der Waals surface area contributed by atoms with Gasteiger partial charge in [-0.15, -0.1) is 0 Å². The van der Waals surface area contributed by atoms with Crippen LogP contribution in [0.4, 0.5) is 11.4 Å². The number of benzene rings is 1. The van der Waals surface area contributed by atoms with Gasteiger partial charge in [0.1, 0.15) is 0 Å². The van der Waals surface area contributed by atoms with E-state index in [0.29, 0.717) is 17.3 Å². The lowest BCUT2D eigenvalue weighted by Gasteiger charge is -2.37. The normalized spacial score (nSPS) is 16.5. The van der Waals surface area contributed by atoms with Crippen molar-refractivity contribution in [2.45, 2.75) is 18.9 Å². The van der Waals surface area contributed by atoms with Crippen LogP contribution < -0.4 is 10.6 Å². The summed E-state index contributed by atoms with van der Waals surface area (Å²) in [7, 11) is 5.61. The van der Waals surface area contributed by atoms with Gasteiger partial charge in [0.2, 0.25) is 0 Å². The van der Waals surface area contributed by atoms with Crippen molar-refractivity contribution in [2.75, 3.05) is 44.9 Å². The number of nitrogens with two attached hydrogens (primary N) is 1. The summed E-state index contributed by atoms with van der Waals surface area (Å²) in [5.74, 6) is -0.331. The van der Waals surface area contributed by atoms with Crippen LogP contribution in [0.25, 0.3) is 0 Å². The first-order valence-electron chi connectivity index (χ1n) is 6.92. The predicted molar refractivity (Wildman–Crippen MR) is 81.1 cm³/mol. The molecule has 0 aromatic heterocycles. The molecule has 0 unspecified atom stereocenters. The first-order valence-corrected chi connectivity index (χ1v) is 6.92. The van der Waals surface area contributed by atoms with Crippen LogP contribution in [0.3, 0.4) is 0 Å². The lowest BCUT2D eigenvalue weighted by molar-refractivity contribution is 0.0601. The van der Waals surface area contributed by atoms with E-state index in [1.165, 1.54) is 7.11 Å². The van der Waals surface area contributed by atoms with Crippen LogP contribution in [0.5, 0.6) is 0 Å². The highest BCUT2D eigenvalue weighted by atomic mass is 16.5. The Hall–Kier alpha value is -1.75. The average molecular weight is 277 g/mol. The van der Waals surface area contributed by atoms with Crippen molar-refractivity contribution in [1.29, 1.82) is 0 Å². The van der Waals surface area contributed by atoms with Crippen molar-refractivity contribution in [1.82, 2.24) is 4.90 Å². The highest BCUT2D eigenvalue weighted by molar-refractivity contribution is 5.99. The van der Waals surface area contributed by atoms with Gasteiger partial charge in [-0.05, 0) is 39.1 Å². The molecule has 0 spiro atoms. The minimum atomic E-state index is -0.331. The van der Waals surface area contributed by atoms with Crippen LogP contribution in [-0.2, 0) is 4.74 Å². The molecule has 0 amide bonds. The Morgan fingerprint density at radius 1 is 1.35 bits per heavy atom. The lowest BCUT2D eigenvalue weighted by atomic mass is 10.0. The van der Waals surface area contributed by atoms with Crippen LogP contribution in [0.15, 0.2) is 18.2 Å². The summed E-state index contributed by atoms with van der Waals surface area (Å²) in [5, 5.41) is 0. The fourth-order valence-corrected chi connectivity index (χ4v) is 2.79. The molecule has 0 radical (unpaired) electrons. The number of hydrogen-bond donors (Lipinski definition) is 1. The van der Waals surface area contributed by atoms with Gasteiger partial charge in [-0.3, -0.25) is 0 Å². The summed E-state index contributed by atoms with van der Waals surface area (Å²) in [6.45, 7) is 1.81. The monoisotopic (exact) mass is 277 g/mol. The van der Waals surface area contributed by atoms with E-state index in [4.69, 9.17) is 10.5 Å². The summed E-state index contributed by atoms with van der Waals surface area (Å²) in [6, 6.07) is 5.99. The highest BCUT2D eigenvalue weighted by Crippen LogP contribution is 2.31. The summed E-state index contributed by atoms with van der Waals surface area (Å²) >= 11 is 0. The molecule has 0 bridgehead atoms. The Morgan fingerprint density at radius 3 is 2.55 bits per heavy atom. The van der Waals surface area contributed by atoms with E-state index < -0.39 is 0 Å². The predicted octanol–water partition coefficient (Wildman–Crippen LogP) is 1.59. The molecule has 1 aliphatic rings. The summed E-state index contributed by atoms with van der Waals surface area (Å²) in [5.41, 5.74) is 8.08. The molecule has 110 valence electrons. The smallest absolute Gasteiger partial charge is 0.340 e. The second kappa shape index (κ2) is 6.13. The maximum absolute atomic E-state index is 11.9. The van der Waals surface area contributed by atoms with Gasteiger partial charge in [0.15, 0.2) is 0 Å². The van der Waals surface area contributed by atoms with Crippen LogP contribution in [0.1, 0.15) is 23.2 Å². The average Bonchev–Trinajstić information content (AvgIpc) is 2.46. The largest absolute Gasteiger partial charge is 0.465 e. The Balaban J connectivity index is 2.23. The zero-order valence-electron chi connectivity index (χ0n) is 12.4. The minimum absolute atomic E-state index is 0.331. The zero-order valence-corrected chi connectivity index (χ0v) is 12.4. The number of rotatable bonds is 3. The van der Waals surface area contributed by atoms with E-state index in [-0.39, 0.29) is 5.97 Å². The molecular weight excluding hydrogens is 254 g/mol. The molecule has 2 rings (SSSR count). The Morgan fingerprint density at radius 2 is 2.00 bits per heavy atom. The number of carbonyl (C=O) groups excluding carboxylic acids is 1. The number of para-hydroxylation sites is 1. The second-order valence-corrected chi connectivity index (χ2v) is 5.42. The number of nitrogens with zero attached hydrogens (tertiary/aromatic N) is 2. The van der Waals surface area contributed by atoms with Crippen molar-refractivity contribution in [2.24, 2.45) is 0 Å². The summed E-state index contributed by atoms with van der Waals surface area (Å²) in [6.07, 6.45) is 2.14. The number of hydrogen-bond acceptors (Lipinski definition) is 5. The van der Waals surface area contributed by atoms with E-state index in [1.807, 2.05) is 6.07 Å². The zero-order chi connectivity index (χ0) is 14.7. The number of carbonyl (C=O) groups is 1. The maximum atomic E-state index is 11.9. The van der Waals surface area contributed by atoms with Crippen molar-refractivity contribution in [3.8, 4) is 0 Å². The van der Waals surface area contributed by atoms with Gasteiger partial charge in [0.05, 0.1) is 24.0 Å². The topological polar surface area (TPSA) is 58.8 Å². The molecule has 0 atom stereocenters. The number of esters is 1. The molecule has 0 aliphatic carbocycles. The molecule has 1 aliphatic heterocycles. The van der Waals surface area contributed by atoms with Crippen LogP contribution in [-0.4, -0.2) is 51.2 Å². The van der Waals surface area contributed by atoms with Gasteiger partial charge in [-0.1, -0.05) is 6.07 Å². The van der Waals surface area contributed by atoms with Crippen molar-refractivity contribution < 1.29 is 9.53 Å². The Labute approximate surface area is 120 Å². The minimum Gasteiger partial charge on any atom is -0.465 e. The number of ether oxygens (including phenoxy) is 1.